The van der Waals surface area contributed by atoms with Crippen molar-refractivity contribution in [1.82, 2.24) is 10.2 Å². The topological polar surface area (TPSA) is 68.0 Å². The first-order chi connectivity index (χ1) is 14.0. The van der Waals surface area contributed by atoms with Crippen LogP contribution in [0, 0.1) is 13.8 Å². The largest absolute Gasteiger partial charge is 0.423 e. The van der Waals surface area contributed by atoms with Gasteiger partial charge in [0, 0.05) is 22.9 Å². The van der Waals surface area contributed by atoms with Crippen LogP contribution in [0.25, 0.3) is 11.0 Å². The molecule has 0 bridgehead atoms. The molecular weight excluding hydrogens is 402 g/mol. The van der Waals surface area contributed by atoms with Crippen LogP contribution in [0.2, 0.25) is 0 Å². The predicted octanol–water partition coefficient (Wildman–Crippen LogP) is 5.86. The zero-order valence-corrected chi connectivity index (χ0v) is 18.1. The molecule has 0 saturated heterocycles. The Hall–Kier alpha value is -2.64. The second-order valence-corrected chi connectivity index (χ2v) is 9.06. The molecule has 2 heterocycles. The zero-order chi connectivity index (χ0) is 20.4. The van der Waals surface area contributed by atoms with E-state index < -0.39 is 0 Å². The molecule has 0 aliphatic rings. The van der Waals surface area contributed by atoms with Gasteiger partial charge in [-0.05, 0) is 66.8 Å². The molecule has 0 saturated carbocycles. The number of thioether (sulfide) groups is 1. The number of hydrogen-bond donors (Lipinski definition) is 1. The predicted molar refractivity (Wildman–Crippen MR) is 121 cm³/mol. The van der Waals surface area contributed by atoms with Gasteiger partial charge in [-0.2, -0.15) is 0 Å². The van der Waals surface area contributed by atoms with Gasteiger partial charge in [0.1, 0.15) is 5.58 Å². The third-order valence-electron chi connectivity index (χ3n) is 4.82. The van der Waals surface area contributed by atoms with E-state index in [-0.39, 0.29) is 5.63 Å². The molecule has 2 aromatic heterocycles. The minimum absolute atomic E-state index is 0.327. The maximum Gasteiger partial charge on any atom is 0.336 e. The summed E-state index contributed by atoms with van der Waals surface area (Å²) in [6.07, 6.45) is 1.02. The highest BCUT2D eigenvalue weighted by molar-refractivity contribution is 8.00. The maximum atomic E-state index is 12.0. The number of aryl methyl sites for hydroxylation is 3. The number of aromatic nitrogens is 2. The van der Waals surface area contributed by atoms with Gasteiger partial charge >= 0.3 is 5.63 Å². The highest BCUT2D eigenvalue weighted by Crippen LogP contribution is 2.32. The standard InChI is InChI=1S/C22H21N3O2S2/c1-4-15-5-7-17(8-6-15)23-21-24-25-22(29-21)28-12-16-11-20(26)27-19-10-14(3)13(2)9-18(16)19/h5-11H,4,12H2,1-3H3,(H,23,24). The van der Waals surface area contributed by atoms with Gasteiger partial charge in [-0.25, -0.2) is 4.79 Å². The molecule has 148 valence electrons. The van der Waals surface area contributed by atoms with E-state index in [2.05, 4.69) is 47.6 Å². The van der Waals surface area contributed by atoms with E-state index in [1.165, 1.54) is 22.5 Å². The van der Waals surface area contributed by atoms with Crippen LogP contribution < -0.4 is 10.9 Å². The van der Waals surface area contributed by atoms with Gasteiger partial charge in [-0.3, -0.25) is 0 Å². The lowest BCUT2D eigenvalue weighted by Gasteiger charge is -2.07. The smallest absolute Gasteiger partial charge is 0.336 e. The molecule has 1 N–H and O–H groups in total. The minimum Gasteiger partial charge on any atom is -0.423 e. The summed E-state index contributed by atoms with van der Waals surface area (Å²) in [5.74, 6) is 0.629. The van der Waals surface area contributed by atoms with E-state index in [0.717, 1.165) is 38.1 Å². The van der Waals surface area contributed by atoms with E-state index in [9.17, 15) is 4.79 Å². The number of rotatable bonds is 6. The fourth-order valence-corrected chi connectivity index (χ4v) is 4.77. The van der Waals surface area contributed by atoms with Crippen LogP contribution in [0.1, 0.15) is 29.2 Å². The van der Waals surface area contributed by atoms with Gasteiger partial charge in [0.05, 0.1) is 0 Å². The van der Waals surface area contributed by atoms with Crippen LogP contribution in [0.3, 0.4) is 0 Å². The molecule has 0 amide bonds. The molecule has 29 heavy (non-hydrogen) atoms. The summed E-state index contributed by atoms with van der Waals surface area (Å²) in [5, 5.41) is 13.5. The first kappa shape index (κ1) is 19.7. The van der Waals surface area contributed by atoms with Gasteiger partial charge < -0.3 is 9.73 Å². The molecule has 0 fully saturated rings. The molecule has 5 nitrogen and oxygen atoms in total. The normalized spacial score (nSPS) is 11.1. The number of anilines is 2. The second-order valence-electron chi connectivity index (χ2n) is 6.86. The molecule has 7 heteroatoms. The molecular formula is C22H21N3O2S2. The monoisotopic (exact) mass is 423 g/mol. The van der Waals surface area contributed by atoms with Crippen LogP contribution >= 0.6 is 23.1 Å². The summed E-state index contributed by atoms with van der Waals surface area (Å²) < 4.78 is 6.23. The van der Waals surface area contributed by atoms with E-state index >= 15 is 0 Å². The van der Waals surface area contributed by atoms with Crippen LogP contribution in [-0.2, 0) is 12.2 Å². The number of fused-ring (bicyclic) bond motifs is 1. The summed E-state index contributed by atoms with van der Waals surface area (Å²) in [4.78, 5) is 12.0. The number of benzene rings is 2. The van der Waals surface area contributed by atoms with Crippen molar-refractivity contribution in [2.45, 2.75) is 37.3 Å². The van der Waals surface area contributed by atoms with E-state index in [4.69, 9.17) is 4.42 Å². The molecule has 0 atom stereocenters. The van der Waals surface area contributed by atoms with Crippen molar-refractivity contribution in [3.63, 3.8) is 0 Å². The van der Waals surface area contributed by atoms with Gasteiger partial charge in [0.2, 0.25) is 5.13 Å². The summed E-state index contributed by atoms with van der Waals surface area (Å²) >= 11 is 3.07. The van der Waals surface area contributed by atoms with Gasteiger partial charge in [0.15, 0.2) is 4.34 Å². The molecule has 0 radical (unpaired) electrons. The molecule has 4 rings (SSSR count). The fourth-order valence-electron chi connectivity index (χ4n) is 3.01. The Labute approximate surface area is 177 Å². The lowest BCUT2D eigenvalue weighted by molar-refractivity contribution is 0.559. The average Bonchev–Trinajstić information content (AvgIpc) is 3.15. The lowest BCUT2D eigenvalue weighted by atomic mass is 10.0. The fraction of sp³-hybridized carbons (Fsp3) is 0.227. The average molecular weight is 424 g/mol. The molecule has 2 aromatic carbocycles. The third kappa shape index (κ3) is 4.52. The zero-order valence-electron chi connectivity index (χ0n) is 16.5. The Bertz CT molecular complexity index is 1210. The SMILES string of the molecule is CCc1ccc(Nc2nnc(SCc3cc(=O)oc4cc(C)c(C)cc34)s2)cc1. The van der Waals surface area contributed by atoms with E-state index in [1.54, 1.807) is 17.8 Å². The van der Waals surface area contributed by atoms with Crippen molar-refractivity contribution in [3.05, 3.63) is 75.1 Å². The van der Waals surface area contributed by atoms with Crippen molar-refractivity contribution in [2.24, 2.45) is 0 Å². The molecule has 0 aliphatic carbocycles. The Morgan fingerprint density at radius 2 is 1.83 bits per heavy atom. The molecule has 0 aliphatic heterocycles. The Morgan fingerprint density at radius 1 is 1.07 bits per heavy atom. The first-order valence-corrected chi connectivity index (χ1v) is 11.2. The number of hydrogen-bond acceptors (Lipinski definition) is 7. The van der Waals surface area contributed by atoms with Gasteiger partial charge in [-0.1, -0.05) is 42.2 Å². The Kier molecular flexibility index (Phi) is 5.69. The van der Waals surface area contributed by atoms with Crippen LogP contribution in [0.15, 0.2) is 56.0 Å². The number of nitrogens with one attached hydrogen (secondary N) is 1. The molecule has 0 spiro atoms. The second kappa shape index (κ2) is 8.39. The Morgan fingerprint density at radius 3 is 2.59 bits per heavy atom. The van der Waals surface area contributed by atoms with E-state index in [0.29, 0.717) is 11.3 Å². The molecule has 0 unspecified atom stereocenters. The summed E-state index contributed by atoms with van der Waals surface area (Å²) in [5.41, 5.74) is 5.83. The summed E-state index contributed by atoms with van der Waals surface area (Å²) in [6.45, 7) is 6.22. The minimum atomic E-state index is -0.327. The highest BCUT2D eigenvalue weighted by Gasteiger charge is 2.11. The van der Waals surface area contributed by atoms with Crippen molar-refractivity contribution >= 4 is 44.9 Å². The van der Waals surface area contributed by atoms with Crippen LogP contribution in [0.4, 0.5) is 10.8 Å². The summed E-state index contributed by atoms with van der Waals surface area (Å²) in [7, 11) is 0. The molecule has 4 aromatic rings. The van der Waals surface area contributed by atoms with Crippen molar-refractivity contribution in [3.8, 4) is 0 Å². The lowest BCUT2D eigenvalue weighted by Crippen LogP contribution is -2.00. The maximum absolute atomic E-state index is 12.0. The van der Waals surface area contributed by atoms with Gasteiger partial charge in [0.25, 0.3) is 0 Å². The van der Waals surface area contributed by atoms with Crippen LogP contribution in [-0.4, -0.2) is 10.2 Å². The van der Waals surface area contributed by atoms with Crippen molar-refractivity contribution in [2.75, 3.05) is 5.32 Å². The first-order valence-electron chi connectivity index (χ1n) is 9.38. The van der Waals surface area contributed by atoms with Crippen LogP contribution in [0.5, 0.6) is 0 Å². The Balaban J connectivity index is 1.50. The quantitative estimate of drug-likeness (QED) is 0.309. The number of nitrogens with zero attached hydrogens (tertiary/aromatic N) is 2. The van der Waals surface area contributed by atoms with Crippen molar-refractivity contribution < 1.29 is 4.42 Å². The van der Waals surface area contributed by atoms with Gasteiger partial charge in [-0.15, -0.1) is 10.2 Å². The highest BCUT2D eigenvalue weighted by atomic mass is 32.2. The third-order valence-corrected chi connectivity index (χ3v) is 6.84. The van der Waals surface area contributed by atoms with E-state index in [1.807, 2.05) is 25.1 Å². The summed E-state index contributed by atoms with van der Waals surface area (Å²) in [6, 6.07) is 13.9. The van der Waals surface area contributed by atoms with Crippen molar-refractivity contribution in [1.29, 1.82) is 0 Å².